The third kappa shape index (κ3) is 3.77. The number of likely N-dealkylation sites (tertiary alicyclic amines) is 1. The quantitative estimate of drug-likeness (QED) is 0.877. The molecule has 1 unspecified atom stereocenters. The van der Waals surface area contributed by atoms with Gasteiger partial charge in [0.2, 0.25) is 0 Å². The number of hydrogen-bond donors (Lipinski definition) is 2. The van der Waals surface area contributed by atoms with Gasteiger partial charge < -0.3 is 20.7 Å². The zero-order valence-electron chi connectivity index (χ0n) is 14.8. The number of benzene rings is 2. The molecule has 0 bridgehead atoms. The van der Waals surface area contributed by atoms with Crippen LogP contribution in [0.2, 0.25) is 0 Å². The van der Waals surface area contributed by atoms with E-state index in [9.17, 15) is 4.79 Å². The summed E-state index contributed by atoms with van der Waals surface area (Å²) in [7, 11) is 1.64. The second kappa shape index (κ2) is 7.15. The highest BCUT2D eigenvalue weighted by Gasteiger charge is 2.35. The van der Waals surface area contributed by atoms with Crippen LogP contribution >= 0.6 is 0 Å². The van der Waals surface area contributed by atoms with Gasteiger partial charge in [0.25, 0.3) is 5.91 Å². The lowest BCUT2D eigenvalue weighted by molar-refractivity contribution is 0.0778. The van der Waals surface area contributed by atoms with Crippen molar-refractivity contribution >= 4 is 17.3 Å². The Balaban J connectivity index is 1.82. The van der Waals surface area contributed by atoms with E-state index in [1.165, 1.54) is 0 Å². The van der Waals surface area contributed by atoms with Crippen LogP contribution in [0.25, 0.3) is 0 Å². The van der Waals surface area contributed by atoms with Crippen LogP contribution in [0.1, 0.15) is 23.7 Å². The summed E-state index contributed by atoms with van der Waals surface area (Å²) in [4.78, 5) is 14.9. The van der Waals surface area contributed by atoms with Crippen LogP contribution in [0.15, 0.2) is 48.5 Å². The monoisotopic (exact) mass is 339 g/mol. The van der Waals surface area contributed by atoms with Crippen LogP contribution in [-0.4, -0.2) is 37.6 Å². The minimum absolute atomic E-state index is 0.0187. The molecule has 5 heteroatoms. The first kappa shape index (κ1) is 17.3. The van der Waals surface area contributed by atoms with E-state index in [-0.39, 0.29) is 11.3 Å². The van der Waals surface area contributed by atoms with Gasteiger partial charge in [0.1, 0.15) is 5.75 Å². The Kier molecular flexibility index (Phi) is 4.95. The number of rotatable bonds is 5. The number of carbonyl (C=O) groups excluding carboxylic acids is 1. The summed E-state index contributed by atoms with van der Waals surface area (Å²) in [5.74, 6) is 0.815. The molecule has 1 aliphatic rings. The van der Waals surface area contributed by atoms with Crippen molar-refractivity contribution in [2.24, 2.45) is 11.1 Å². The van der Waals surface area contributed by atoms with Crippen molar-refractivity contribution < 1.29 is 9.53 Å². The first-order valence-electron chi connectivity index (χ1n) is 8.54. The third-order valence-electron chi connectivity index (χ3n) is 4.84. The molecule has 1 fully saturated rings. The highest BCUT2D eigenvalue weighted by Crippen LogP contribution is 2.31. The topological polar surface area (TPSA) is 67.6 Å². The average molecular weight is 339 g/mol. The Bertz CT molecular complexity index is 762. The number of anilines is 2. The van der Waals surface area contributed by atoms with Crippen molar-refractivity contribution in [1.29, 1.82) is 0 Å². The minimum atomic E-state index is 0.0187. The molecule has 1 atom stereocenters. The molecule has 0 spiro atoms. The van der Waals surface area contributed by atoms with Gasteiger partial charge in [-0.2, -0.15) is 0 Å². The van der Waals surface area contributed by atoms with Gasteiger partial charge >= 0.3 is 0 Å². The number of methoxy groups -OCH3 is 1. The van der Waals surface area contributed by atoms with Gasteiger partial charge in [-0.15, -0.1) is 0 Å². The van der Waals surface area contributed by atoms with Crippen LogP contribution in [-0.2, 0) is 0 Å². The Labute approximate surface area is 148 Å². The normalized spacial score (nSPS) is 19.7. The predicted octanol–water partition coefficient (Wildman–Crippen LogP) is 3.25. The molecule has 25 heavy (non-hydrogen) atoms. The van der Waals surface area contributed by atoms with Crippen LogP contribution in [0.5, 0.6) is 5.75 Å². The SMILES string of the molecule is COc1cccc(Nc2ccccc2C(=O)N2CCC(C)(CN)C2)c1. The molecule has 1 aliphatic heterocycles. The summed E-state index contributed by atoms with van der Waals surface area (Å²) >= 11 is 0. The number of para-hydroxylation sites is 1. The molecule has 2 aromatic carbocycles. The summed E-state index contributed by atoms with van der Waals surface area (Å²) in [6, 6.07) is 15.3. The molecule has 0 radical (unpaired) electrons. The fourth-order valence-corrected chi connectivity index (χ4v) is 3.17. The van der Waals surface area contributed by atoms with Gasteiger partial charge in [0.15, 0.2) is 0 Å². The molecule has 3 N–H and O–H groups in total. The van der Waals surface area contributed by atoms with Crippen LogP contribution < -0.4 is 15.8 Å². The Morgan fingerprint density at radius 3 is 2.80 bits per heavy atom. The zero-order chi connectivity index (χ0) is 17.9. The van der Waals surface area contributed by atoms with Crippen molar-refractivity contribution in [2.45, 2.75) is 13.3 Å². The van der Waals surface area contributed by atoms with Crippen molar-refractivity contribution in [3.05, 3.63) is 54.1 Å². The molecular weight excluding hydrogens is 314 g/mol. The molecule has 1 heterocycles. The first-order chi connectivity index (χ1) is 12.0. The summed E-state index contributed by atoms with van der Waals surface area (Å²) in [6.07, 6.45) is 0.945. The number of amides is 1. The third-order valence-corrected chi connectivity index (χ3v) is 4.84. The fraction of sp³-hybridized carbons (Fsp3) is 0.350. The summed E-state index contributed by atoms with van der Waals surface area (Å²) in [5, 5.41) is 3.33. The van der Waals surface area contributed by atoms with Gasteiger partial charge in [-0.1, -0.05) is 25.1 Å². The summed E-state index contributed by atoms with van der Waals surface area (Å²) in [5.41, 5.74) is 8.23. The van der Waals surface area contributed by atoms with Gasteiger partial charge in [-0.3, -0.25) is 4.79 Å². The van der Waals surface area contributed by atoms with Crippen LogP contribution in [0, 0.1) is 5.41 Å². The highest BCUT2D eigenvalue weighted by molar-refractivity contribution is 6.00. The van der Waals surface area contributed by atoms with Crippen molar-refractivity contribution in [3.63, 3.8) is 0 Å². The van der Waals surface area contributed by atoms with Gasteiger partial charge in [0.05, 0.1) is 18.4 Å². The molecule has 1 amide bonds. The van der Waals surface area contributed by atoms with Crippen LogP contribution in [0.3, 0.4) is 0 Å². The molecule has 0 aliphatic carbocycles. The largest absolute Gasteiger partial charge is 0.497 e. The lowest BCUT2D eigenvalue weighted by atomic mass is 9.90. The smallest absolute Gasteiger partial charge is 0.255 e. The van der Waals surface area contributed by atoms with E-state index in [1.807, 2.05) is 53.4 Å². The van der Waals surface area contributed by atoms with E-state index in [0.29, 0.717) is 18.7 Å². The van der Waals surface area contributed by atoms with E-state index in [1.54, 1.807) is 7.11 Å². The van der Waals surface area contributed by atoms with E-state index in [2.05, 4.69) is 12.2 Å². The second-order valence-electron chi connectivity index (χ2n) is 6.89. The summed E-state index contributed by atoms with van der Waals surface area (Å²) < 4.78 is 5.26. The number of nitrogens with two attached hydrogens (primary N) is 1. The van der Waals surface area contributed by atoms with Crippen molar-refractivity contribution in [3.8, 4) is 5.75 Å². The van der Waals surface area contributed by atoms with Gasteiger partial charge in [-0.05, 0) is 42.6 Å². The molecule has 132 valence electrons. The fourth-order valence-electron chi connectivity index (χ4n) is 3.17. The minimum Gasteiger partial charge on any atom is -0.497 e. The standard InChI is InChI=1S/C20H25N3O2/c1-20(13-21)10-11-23(14-20)19(24)17-8-3-4-9-18(17)22-15-6-5-7-16(12-15)25-2/h3-9,12,22H,10-11,13-14,21H2,1-2H3. The van der Waals surface area contributed by atoms with E-state index in [4.69, 9.17) is 10.5 Å². The number of nitrogens with one attached hydrogen (secondary N) is 1. The van der Waals surface area contributed by atoms with E-state index in [0.717, 1.165) is 30.1 Å². The molecule has 0 saturated carbocycles. The Hall–Kier alpha value is -2.53. The van der Waals surface area contributed by atoms with Crippen LogP contribution in [0.4, 0.5) is 11.4 Å². The highest BCUT2D eigenvalue weighted by atomic mass is 16.5. The number of hydrogen-bond acceptors (Lipinski definition) is 4. The lowest BCUT2D eigenvalue weighted by Crippen LogP contribution is -2.34. The molecule has 1 saturated heterocycles. The molecule has 5 nitrogen and oxygen atoms in total. The predicted molar refractivity (Wildman–Crippen MR) is 100 cm³/mol. The summed E-state index contributed by atoms with van der Waals surface area (Å²) in [6.45, 7) is 4.19. The number of ether oxygens (including phenoxy) is 1. The zero-order valence-corrected chi connectivity index (χ0v) is 14.8. The average Bonchev–Trinajstić information content (AvgIpc) is 3.05. The maximum absolute atomic E-state index is 13.0. The van der Waals surface area contributed by atoms with Gasteiger partial charge in [-0.25, -0.2) is 0 Å². The Morgan fingerprint density at radius 1 is 1.28 bits per heavy atom. The van der Waals surface area contributed by atoms with Gasteiger partial charge in [0, 0.05) is 24.8 Å². The maximum Gasteiger partial charge on any atom is 0.255 e. The Morgan fingerprint density at radius 2 is 2.08 bits per heavy atom. The number of carbonyl (C=O) groups is 1. The molecule has 3 rings (SSSR count). The second-order valence-corrected chi connectivity index (χ2v) is 6.89. The lowest BCUT2D eigenvalue weighted by Gasteiger charge is -2.23. The molecule has 2 aromatic rings. The molecule has 0 aromatic heterocycles. The maximum atomic E-state index is 13.0. The molecular formula is C20H25N3O2. The van der Waals surface area contributed by atoms with E-state index >= 15 is 0 Å². The van der Waals surface area contributed by atoms with E-state index < -0.39 is 0 Å². The van der Waals surface area contributed by atoms with Crippen molar-refractivity contribution in [2.75, 3.05) is 32.1 Å². The van der Waals surface area contributed by atoms with Crippen molar-refractivity contribution in [1.82, 2.24) is 4.90 Å². The number of nitrogens with zero attached hydrogens (tertiary/aromatic N) is 1. The first-order valence-corrected chi connectivity index (χ1v) is 8.54.